The predicted molar refractivity (Wildman–Crippen MR) is 139 cm³/mol. The van der Waals surface area contributed by atoms with Crippen molar-refractivity contribution >= 4 is 5.91 Å². The second-order valence-corrected chi connectivity index (χ2v) is 11.4. The molecular formula is C29H41N5O. The first-order valence-corrected chi connectivity index (χ1v) is 14.0. The van der Waals surface area contributed by atoms with Crippen molar-refractivity contribution in [3.63, 3.8) is 0 Å². The van der Waals surface area contributed by atoms with E-state index in [0.29, 0.717) is 23.8 Å². The van der Waals surface area contributed by atoms with Gasteiger partial charge in [0.25, 0.3) is 5.91 Å². The predicted octanol–water partition coefficient (Wildman–Crippen LogP) is 3.86. The fourth-order valence-electron chi connectivity index (χ4n) is 7.29. The van der Waals surface area contributed by atoms with E-state index in [2.05, 4.69) is 34.5 Å². The fourth-order valence-corrected chi connectivity index (χ4v) is 7.29. The molecule has 1 aromatic carbocycles. The summed E-state index contributed by atoms with van der Waals surface area (Å²) < 4.78 is 1.98. The van der Waals surface area contributed by atoms with E-state index in [1.807, 2.05) is 16.6 Å². The average Bonchev–Trinajstić information content (AvgIpc) is 3.52. The lowest BCUT2D eigenvalue weighted by Gasteiger charge is -2.44. The first-order chi connectivity index (χ1) is 17.1. The zero-order valence-corrected chi connectivity index (χ0v) is 21.4. The minimum absolute atomic E-state index is 0.109. The minimum atomic E-state index is 0.109. The van der Waals surface area contributed by atoms with E-state index in [-0.39, 0.29) is 5.91 Å². The number of nitrogens with zero attached hydrogens (tertiary/aromatic N) is 4. The number of aryl methyl sites for hydroxylation is 1. The Morgan fingerprint density at radius 1 is 1.03 bits per heavy atom. The number of carbonyl (C=O) groups is 1. The van der Waals surface area contributed by atoms with E-state index in [9.17, 15) is 4.79 Å². The van der Waals surface area contributed by atoms with Gasteiger partial charge in [-0.1, -0.05) is 43.5 Å². The summed E-state index contributed by atoms with van der Waals surface area (Å²) in [6.07, 6.45) is 13.5. The van der Waals surface area contributed by atoms with Crippen molar-refractivity contribution in [3.8, 4) is 0 Å². The van der Waals surface area contributed by atoms with Gasteiger partial charge in [-0.25, -0.2) is 0 Å². The first kappa shape index (κ1) is 23.2. The Morgan fingerprint density at radius 2 is 1.80 bits per heavy atom. The molecule has 2 fully saturated rings. The number of aromatic nitrogens is 2. The van der Waals surface area contributed by atoms with Crippen LogP contribution in [0.25, 0.3) is 0 Å². The third-order valence-corrected chi connectivity index (χ3v) is 9.36. The summed E-state index contributed by atoms with van der Waals surface area (Å²) in [4.78, 5) is 18.5. The van der Waals surface area contributed by atoms with Crippen LogP contribution in [-0.2, 0) is 32.9 Å². The zero-order chi connectivity index (χ0) is 23.8. The van der Waals surface area contributed by atoms with Crippen LogP contribution in [0.5, 0.6) is 0 Å². The molecule has 1 saturated heterocycles. The van der Waals surface area contributed by atoms with E-state index in [1.165, 1.54) is 80.4 Å². The molecule has 2 aliphatic carbocycles. The SMILES string of the molecule is Cn1nc(C(=O)N2CCc3ccccc3C2)c2c1CCC(NCC1(N3CCCCC3)CCCC1)C2. The molecule has 6 nitrogen and oxygen atoms in total. The van der Waals surface area contributed by atoms with Crippen molar-refractivity contribution in [2.75, 3.05) is 26.2 Å². The van der Waals surface area contributed by atoms with E-state index in [4.69, 9.17) is 5.10 Å². The highest BCUT2D eigenvalue weighted by Crippen LogP contribution is 2.37. The standard InChI is InChI=1S/C29H41N5O/c1-32-26-12-11-24(30-21-29(14-5-6-15-29)34-16-7-2-8-17-34)19-25(26)27(31-32)28(35)33-18-13-22-9-3-4-10-23(22)20-33/h3-4,9-10,24,30H,2,5-8,11-21H2,1H3. The Bertz CT molecular complexity index is 1060. The van der Waals surface area contributed by atoms with Gasteiger partial charge in [-0.3, -0.25) is 14.4 Å². The molecule has 6 heteroatoms. The van der Waals surface area contributed by atoms with Crippen LogP contribution >= 0.6 is 0 Å². The van der Waals surface area contributed by atoms with Crippen molar-refractivity contribution < 1.29 is 4.79 Å². The van der Waals surface area contributed by atoms with Crippen molar-refractivity contribution in [3.05, 3.63) is 52.3 Å². The maximum atomic E-state index is 13.6. The van der Waals surface area contributed by atoms with Crippen LogP contribution in [0.15, 0.2) is 24.3 Å². The molecule has 3 heterocycles. The number of carbonyl (C=O) groups excluding carboxylic acids is 1. The van der Waals surface area contributed by atoms with Gasteiger partial charge in [0.05, 0.1) is 0 Å². The molecule has 0 bridgehead atoms. The van der Waals surface area contributed by atoms with Crippen LogP contribution in [0.1, 0.15) is 84.2 Å². The first-order valence-electron chi connectivity index (χ1n) is 14.0. The summed E-state index contributed by atoms with van der Waals surface area (Å²) in [7, 11) is 2.01. The van der Waals surface area contributed by atoms with Gasteiger partial charge in [0, 0.05) is 49.5 Å². The van der Waals surface area contributed by atoms with Crippen LogP contribution in [0.4, 0.5) is 0 Å². The van der Waals surface area contributed by atoms with Crippen LogP contribution < -0.4 is 5.32 Å². The quantitative estimate of drug-likeness (QED) is 0.714. The smallest absolute Gasteiger partial charge is 0.274 e. The molecular weight excluding hydrogens is 434 g/mol. The number of amides is 1. The Balaban J connectivity index is 1.16. The summed E-state index contributed by atoms with van der Waals surface area (Å²) in [5, 5.41) is 8.78. The van der Waals surface area contributed by atoms with Gasteiger partial charge in [0.15, 0.2) is 5.69 Å². The molecule has 188 valence electrons. The van der Waals surface area contributed by atoms with Crippen molar-refractivity contribution in [1.82, 2.24) is 24.9 Å². The maximum Gasteiger partial charge on any atom is 0.274 e. The molecule has 2 aromatic rings. The van der Waals surface area contributed by atoms with Crippen molar-refractivity contribution in [2.45, 2.75) is 88.8 Å². The van der Waals surface area contributed by atoms with Crippen LogP contribution in [0.2, 0.25) is 0 Å². The Hall–Kier alpha value is -2.18. The Kier molecular flexibility index (Phi) is 6.44. The molecule has 2 aliphatic heterocycles. The number of nitrogens with one attached hydrogen (secondary N) is 1. The van der Waals surface area contributed by atoms with Crippen molar-refractivity contribution in [2.24, 2.45) is 7.05 Å². The largest absolute Gasteiger partial charge is 0.333 e. The summed E-state index contributed by atoms with van der Waals surface area (Å²) in [5.74, 6) is 0.109. The van der Waals surface area contributed by atoms with Crippen LogP contribution in [0, 0.1) is 0 Å². The average molecular weight is 476 g/mol. The van der Waals surface area contributed by atoms with E-state index in [0.717, 1.165) is 38.8 Å². The number of likely N-dealkylation sites (tertiary alicyclic amines) is 1. The van der Waals surface area contributed by atoms with Gasteiger partial charge in [-0.05, 0) is 75.6 Å². The molecule has 0 spiro atoms. The second-order valence-electron chi connectivity index (χ2n) is 11.4. The molecule has 1 saturated carbocycles. The second kappa shape index (κ2) is 9.70. The third-order valence-electron chi connectivity index (χ3n) is 9.36. The Morgan fingerprint density at radius 3 is 2.60 bits per heavy atom. The topological polar surface area (TPSA) is 53.4 Å². The molecule has 4 aliphatic rings. The normalized spacial score (nSPS) is 24.3. The summed E-state index contributed by atoms with van der Waals surface area (Å²) in [6, 6.07) is 8.95. The van der Waals surface area contributed by atoms with E-state index < -0.39 is 0 Å². The highest BCUT2D eigenvalue weighted by atomic mass is 16.2. The number of hydrogen-bond acceptors (Lipinski definition) is 4. The number of hydrogen-bond donors (Lipinski definition) is 1. The Labute approximate surface area is 210 Å². The molecule has 0 radical (unpaired) electrons. The lowest BCUT2D eigenvalue weighted by atomic mass is 9.88. The molecule has 35 heavy (non-hydrogen) atoms. The van der Waals surface area contributed by atoms with E-state index >= 15 is 0 Å². The number of rotatable bonds is 5. The fraction of sp³-hybridized carbons (Fsp3) is 0.655. The monoisotopic (exact) mass is 475 g/mol. The summed E-state index contributed by atoms with van der Waals surface area (Å²) >= 11 is 0. The van der Waals surface area contributed by atoms with Crippen LogP contribution in [-0.4, -0.2) is 63.2 Å². The highest BCUT2D eigenvalue weighted by Gasteiger charge is 2.40. The molecule has 1 atom stereocenters. The van der Waals surface area contributed by atoms with Gasteiger partial charge < -0.3 is 10.2 Å². The highest BCUT2D eigenvalue weighted by molar-refractivity contribution is 5.94. The minimum Gasteiger partial charge on any atom is -0.333 e. The van der Waals surface area contributed by atoms with Crippen LogP contribution in [0.3, 0.4) is 0 Å². The maximum absolute atomic E-state index is 13.6. The lowest BCUT2D eigenvalue weighted by molar-refractivity contribution is 0.0667. The van der Waals surface area contributed by atoms with Gasteiger partial charge in [0.2, 0.25) is 0 Å². The number of benzene rings is 1. The number of piperidine rings is 1. The lowest BCUT2D eigenvalue weighted by Crippen LogP contribution is -2.56. The molecule has 1 aromatic heterocycles. The zero-order valence-electron chi connectivity index (χ0n) is 21.4. The summed E-state index contributed by atoms with van der Waals surface area (Å²) in [5.41, 5.74) is 6.15. The van der Waals surface area contributed by atoms with Gasteiger partial charge >= 0.3 is 0 Å². The third kappa shape index (κ3) is 4.44. The molecule has 1 unspecified atom stereocenters. The summed E-state index contributed by atoms with van der Waals surface area (Å²) in [6.45, 7) is 5.12. The van der Waals surface area contributed by atoms with Crippen molar-refractivity contribution in [1.29, 1.82) is 0 Å². The number of fused-ring (bicyclic) bond motifs is 2. The molecule has 1 amide bonds. The molecule has 1 N–H and O–H groups in total. The van der Waals surface area contributed by atoms with Gasteiger partial charge in [-0.15, -0.1) is 0 Å². The van der Waals surface area contributed by atoms with E-state index in [1.54, 1.807) is 0 Å². The molecule has 6 rings (SSSR count). The van der Waals surface area contributed by atoms with Gasteiger partial charge in [-0.2, -0.15) is 5.10 Å². The van der Waals surface area contributed by atoms with Gasteiger partial charge in [0.1, 0.15) is 0 Å².